The Morgan fingerprint density at radius 1 is 1.03 bits per heavy atom. The number of aryl methyl sites for hydroxylation is 1. The zero-order valence-electron chi connectivity index (χ0n) is 16.8. The standard InChI is InChI=1S/C21H19N3O7/c1-3-29-20-12-15(9-11-19-21(24(27)28)14(2)22-31-19)8-10-18(20)30-13-16-6-4-5-7-17(16)23(25)26/h4-12H,3,13H2,1-2H3. The van der Waals surface area contributed by atoms with Gasteiger partial charge in [-0.25, -0.2) is 0 Å². The summed E-state index contributed by atoms with van der Waals surface area (Å²) in [5, 5.41) is 25.9. The maximum absolute atomic E-state index is 11.2. The molecule has 0 N–H and O–H groups in total. The van der Waals surface area contributed by atoms with E-state index in [-0.39, 0.29) is 29.4 Å². The molecule has 3 aromatic rings. The zero-order chi connectivity index (χ0) is 22.4. The summed E-state index contributed by atoms with van der Waals surface area (Å²) in [4.78, 5) is 21.3. The van der Waals surface area contributed by atoms with Crippen LogP contribution in [0.3, 0.4) is 0 Å². The van der Waals surface area contributed by atoms with Gasteiger partial charge in [0.05, 0.1) is 22.0 Å². The molecule has 0 atom stereocenters. The number of aromatic nitrogens is 1. The van der Waals surface area contributed by atoms with Crippen LogP contribution in [0.15, 0.2) is 47.0 Å². The molecule has 0 saturated heterocycles. The summed E-state index contributed by atoms with van der Waals surface area (Å²) in [5.74, 6) is 0.891. The second-order valence-corrected chi connectivity index (χ2v) is 6.38. The largest absolute Gasteiger partial charge is 0.490 e. The first-order chi connectivity index (χ1) is 14.9. The highest BCUT2D eigenvalue weighted by atomic mass is 16.6. The van der Waals surface area contributed by atoms with Crippen LogP contribution in [0.25, 0.3) is 12.2 Å². The first-order valence-corrected chi connectivity index (χ1v) is 9.31. The fraction of sp³-hybridized carbons (Fsp3) is 0.190. The van der Waals surface area contributed by atoms with E-state index >= 15 is 0 Å². The quantitative estimate of drug-likeness (QED) is 0.348. The second-order valence-electron chi connectivity index (χ2n) is 6.38. The van der Waals surface area contributed by atoms with Crippen molar-refractivity contribution in [3.63, 3.8) is 0 Å². The summed E-state index contributed by atoms with van der Waals surface area (Å²) in [7, 11) is 0. The van der Waals surface area contributed by atoms with Crippen LogP contribution < -0.4 is 9.47 Å². The van der Waals surface area contributed by atoms with Gasteiger partial charge in [-0.15, -0.1) is 0 Å². The molecule has 0 unspecified atom stereocenters. The first-order valence-electron chi connectivity index (χ1n) is 9.31. The Kier molecular flexibility index (Phi) is 6.61. The lowest BCUT2D eigenvalue weighted by atomic mass is 10.1. The topological polar surface area (TPSA) is 131 Å². The number of benzene rings is 2. The van der Waals surface area contributed by atoms with Crippen LogP contribution in [-0.2, 0) is 6.61 Å². The molecule has 1 heterocycles. The van der Waals surface area contributed by atoms with Gasteiger partial charge in [0.25, 0.3) is 5.69 Å². The molecule has 10 heteroatoms. The Balaban J connectivity index is 1.82. The van der Waals surface area contributed by atoms with Crippen LogP contribution in [0, 0.1) is 27.2 Å². The fourth-order valence-corrected chi connectivity index (χ4v) is 2.87. The predicted molar refractivity (Wildman–Crippen MR) is 112 cm³/mol. The highest BCUT2D eigenvalue weighted by Gasteiger charge is 2.22. The Labute approximate surface area is 177 Å². The van der Waals surface area contributed by atoms with Gasteiger partial charge >= 0.3 is 5.69 Å². The van der Waals surface area contributed by atoms with E-state index in [0.29, 0.717) is 29.2 Å². The fourth-order valence-electron chi connectivity index (χ4n) is 2.87. The van der Waals surface area contributed by atoms with Gasteiger partial charge < -0.3 is 14.0 Å². The van der Waals surface area contributed by atoms with Crippen molar-refractivity contribution in [3.8, 4) is 11.5 Å². The minimum atomic E-state index is -0.545. The Morgan fingerprint density at radius 3 is 2.52 bits per heavy atom. The first kappa shape index (κ1) is 21.5. The minimum absolute atomic E-state index is 0.00402. The van der Waals surface area contributed by atoms with Gasteiger partial charge in [0.1, 0.15) is 6.61 Å². The summed E-state index contributed by atoms with van der Waals surface area (Å²) in [6.45, 7) is 3.68. The van der Waals surface area contributed by atoms with Crippen molar-refractivity contribution in [2.24, 2.45) is 0 Å². The van der Waals surface area contributed by atoms with Gasteiger partial charge in [-0.2, -0.15) is 0 Å². The SMILES string of the molecule is CCOc1cc(C=Cc2onc(C)c2[N+](=O)[O-])ccc1OCc1ccccc1[N+](=O)[O-]. The van der Waals surface area contributed by atoms with Crippen LogP contribution >= 0.6 is 0 Å². The summed E-state index contributed by atoms with van der Waals surface area (Å²) in [6, 6.07) is 11.4. The molecule has 10 nitrogen and oxygen atoms in total. The molecule has 0 aliphatic rings. The number of hydrogen-bond acceptors (Lipinski definition) is 8. The Morgan fingerprint density at radius 2 is 1.81 bits per heavy atom. The number of nitro groups is 2. The number of rotatable bonds is 9. The predicted octanol–water partition coefficient (Wildman–Crippen LogP) is 4.95. The molecule has 0 spiro atoms. The molecule has 0 saturated carbocycles. The van der Waals surface area contributed by atoms with Crippen molar-refractivity contribution in [2.45, 2.75) is 20.5 Å². The summed E-state index contributed by atoms with van der Waals surface area (Å²) in [5.41, 5.74) is 1.10. The average Bonchev–Trinajstić information content (AvgIpc) is 3.12. The third kappa shape index (κ3) is 5.04. The molecule has 3 rings (SSSR count). The molecule has 0 bridgehead atoms. The van der Waals surface area contributed by atoms with E-state index in [9.17, 15) is 20.2 Å². The molecular weight excluding hydrogens is 406 g/mol. The number of ether oxygens (including phenoxy) is 2. The van der Waals surface area contributed by atoms with E-state index < -0.39 is 9.85 Å². The van der Waals surface area contributed by atoms with Crippen LogP contribution in [0.2, 0.25) is 0 Å². The summed E-state index contributed by atoms with van der Waals surface area (Å²) in [6.07, 6.45) is 3.08. The lowest BCUT2D eigenvalue weighted by Crippen LogP contribution is -2.02. The molecule has 0 radical (unpaired) electrons. The second kappa shape index (κ2) is 9.53. The monoisotopic (exact) mass is 425 g/mol. The Bertz CT molecular complexity index is 1140. The van der Waals surface area contributed by atoms with E-state index in [1.165, 1.54) is 19.1 Å². The molecule has 0 amide bonds. The van der Waals surface area contributed by atoms with Crippen molar-refractivity contribution in [3.05, 3.63) is 85.3 Å². The third-order valence-electron chi connectivity index (χ3n) is 4.31. The lowest BCUT2D eigenvalue weighted by molar-refractivity contribution is -0.386. The molecule has 0 fully saturated rings. The van der Waals surface area contributed by atoms with E-state index in [4.69, 9.17) is 14.0 Å². The smallest absolute Gasteiger partial charge is 0.338 e. The van der Waals surface area contributed by atoms with E-state index in [1.54, 1.807) is 42.5 Å². The molecule has 1 aromatic heterocycles. The van der Waals surface area contributed by atoms with Crippen molar-refractivity contribution in [2.75, 3.05) is 6.61 Å². The van der Waals surface area contributed by atoms with Gasteiger partial charge in [0.2, 0.25) is 5.76 Å². The highest BCUT2D eigenvalue weighted by Crippen LogP contribution is 2.31. The Hall–Kier alpha value is -4.21. The normalized spacial score (nSPS) is 10.9. The molecule has 2 aromatic carbocycles. The van der Waals surface area contributed by atoms with E-state index in [2.05, 4.69) is 5.16 Å². The maximum atomic E-state index is 11.2. The third-order valence-corrected chi connectivity index (χ3v) is 4.31. The summed E-state index contributed by atoms with van der Waals surface area (Å²) < 4.78 is 16.4. The van der Waals surface area contributed by atoms with Crippen molar-refractivity contribution >= 4 is 23.5 Å². The van der Waals surface area contributed by atoms with Gasteiger partial charge in [-0.3, -0.25) is 20.2 Å². The maximum Gasteiger partial charge on any atom is 0.338 e. The molecule has 31 heavy (non-hydrogen) atoms. The summed E-state index contributed by atoms with van der Waals surface area (Å²) >= 11 is 0. The molecule has 160 valence electrons. The van der Waals surface area contributed by atoms with Crippen LogP contribution in [-0.4, -0.2) is 21.6 Å². The highest BCUT2D eigenvalue weighted by molar-refractivity contribution is 5.72. The van der Waals surface area contributed by atoms with Crippen LogP contribution in [0.5, 0.6) is 11.5 Å². The number of nitro benzene ring substituents is 1. The van der Waals surface area contributed by atoms with Gasteiger partial charge in [-0.1, -0.05) is 29.4 Å². The van der Waals surface area contributed by atoms with Gasteiger partial charge in [0, 0.05) is 6.07 Å². The van der Waals surface area contributed by atoms with Gasteiger partial charge in [0.15, 0.2) is 17.2 Å². The zero-order valence-corrected chi connectivity index (χ0v) is 16.8. The van der Waals surface area contributed by atoms with E-state index in [1.807, 2.05) is 6.92 Å². The average molecular weight is 425 g/mol. The number of hydrogen-bond donors (Lipinski definition) is 0. The van der Waals surface area contributed by atoms with Crippen molar-refractivity contribution < 1.29 is 23.8 Å². The molecule has 0 aliphatic carbocycles. The van der Waals surface area contributed by atoms with E-state index in [0.717, 1.165) is 0 Å². The minimum Gasteiger partial charge on any atom is -0.490 e. The van der Waals surface area contributed by atoms with Crippen LogP contribution in [0.1, 0.15) is 29.5 Å². The number of nitrogens with zero attached hydrogens (tertiary/aromatic N) is 3. The molecule has 0 aliphatic heterocycles. The molecular formula is C21H19N3O7. The van der Waals surface area contributed by atoms with Crippen molar-refractivity contribution in [1.29, 1.82) is 0 Å². The lowest BCUT2D eigenvalue weighted by Gasteiger charge is -2.13. The van der Waals surface area contributed by atoms with Crippen LogP contribution in [0.4, 0.5) is 11.4 Å². The van der Waals surface area contributed by atoms with Crippen molar-refractivity contribution in [1.82, 2.24) is 5.16 Å². The number of para-hydroxylation sites is 1. The van der Waals surface area contributed by atoms with Gasteiger partial charge in [-0.05, 0) is 43.7 Å².